The Labute approximate surface area is 157 Å². The molecule has 3 aromatic rings. The lowest BCUT2D eigenvalue weighted by Gasteiger charge is -2.23. The van der Waals surface area contributed by atoms with Crippen LogP contribution in [0.1, 0.15) is 10.6 Å². The molecule has 6 heteroatoms. The van der Waals surface area contributed by atoms with E-state index in [-0.39, 0.29) is 6.03 Å². The van der Waals surface area contributed by atoms with E-state index < -0.39 is 0 Å². The fraction of sp³-hybridized carbons (Fsp3) is 0.250. The predicted molar refractivity (Wildman–Crippen MR) is 105 cm³/mol. The Morgan fingerprint density at radius 3 is 2.62 bits per heavy atom. The highest BCUT2D eigenvalue weighted by Crippen LogP contribution is 2.15. The van der Waals surface area contributed by atoms with E-state index in [1.165, 1.54) is 0 Å². The van der Waals surface area contributed by atoms with Crippen molar-refractivity contribution in [3.8, 4) is 0 Å². The summed E-state index contributed by atoms with van der Waals surface area (Å²) in [6, 6.07) is 17.8. The number of para-hydroxylation sites is 1. The van der Waals surface area contributed by atoms with E-state index in [9.17, 15) is 4.79 Å². The van der Waals surface area contributed by atoms with Gasteiger partial charge in [0.2, 0.25) is 0 Å². The summed E-state index contributed by atoms with van der Waals surface area (Å²) in [4.78, 5) is 17.7. The number of furan rings is 1. The molecule has 0 unspecified atom stereocenters. The van der Waals surface area contributed by atoms with Gasteiger partial charge in [0, 0.05) is 30.7 Å². The number of urea groups is 1. The monoisotopic (exact) mass is 369 g/mol. The number of amides is 2. The van der Waals surface area contributed by atoms with Gasteiger partial charge in [0.25, 0.3) is 0 Å². The van der Waals surface area contributed by atoms with Crippen LogP contribution in [0.15, 0.2) is 70.7 Å². The smallest absolute Gasteiger partial charge is 0.318 e. The van der Waals surface area contributed by atoms with E-state index in [2.05, 4.69) is 22.3 Å². The predicted octanol–water partition coefficient (Wildman–Crippen LogP) is 4.19. The summed E-state index contributed by atoms with van der Waals surface area (Å²) in [5.74, 6) is 0.776. The molecule has 5 nitrogen and oxygen atoms in total. The Hall–Kier alpha value is -2.73. The fourth-order valence-electron chi connectivity index (χ4n) is 2.63. The van der Waals surface area contributed by atoms with Gasteiger partial charge in [-0.15, -0.1) is 11.3 Å². The maximum absolute atomic E-state index is 12.7. The molecule has 0 fully saturated rings. The van der Waals surface area contributed by atoms with Crippen LogP contribution in [0.4, 0.5) is 10.5 Å². The zero-order valence-electron chi connectivity index (χ0n) is 14.8. The molecule has 0 bridgehead atoms. The summed E-state index contributed by atoms with van der Waals surface area (Å²) in [5.41, 5.74) is 1.13. The Balaban J connectivity index is 1.54. The lowest BCUT2D eigenvalue weighted by atomic mass is 10.3. The van der Waals surface area contributed by atoms with Crippen LogP contribution in [0.3, 0.4) is 0 Å². The van der Waals surface area contributed by atoms with E-state index in [0.717, 1.165) is 22.9 Å². The summed E-state index contributed by atoms with van der Waals surface area (Å²) >= 11 is 1.65. The average molecular weight is 369 g/mol. The summed E-state index contributed by atoms with van der Waals surface area (Å²) in [5, 5.41) is 5.04. The number of carbonyl (C=O) groups excluding carboxylic acids is 1. The molecule has 0 saturated heterocycles. The lowest BCUT2D eigenvalue weighted by Crippen LogP contribution is -2.41. The SMILES string of the molecule is CN(CCNC(=O)N(Cc1ccco1)Cc1cccs1)c1ccccc1. The minimum Gasteiger partial charge on any atom is -0.467 e. The van der Waals surface area contributed by atoms with Crippen LogP contribution in [-0.2, 0) is 13.1 Å². The molecule has 0 saturated carbocycles. The van der Waals surface area contributed by atoms with E-state index in [1.54, 1.807) is 22.5 Å². The maximum Gasteiger partial charge on any atom is 0.318 e. The quantitative estimate of drug-likeness (QED) is 0.648. The molecule has 0 atom stereocenters. The van der Waals surface area contributed by atoms with Crippen molar-refractivity contribution >= 4 is 23.1 Å². The number of anilines is 1. The number of nitrogens with one attached hydrogen (secondary N) is 1. The fourth-order valence-corrected chi connectivity index (χ4v) is 3.35. The topological polar surface area (TPSA) is 48.7 Å². The molecule has 136 valence electrons. The summed E-state index contributed by atoms with van der Waals surface area (Å²) < 4.78 is 5.41. The number of hydrogen-bond donors (Lipinski definition) is 1. The largest absolute Gasteiger partial charge is 0.467 e. The van der Waals surface area contributed by atoms with Gasteiger partial charge in [-0.1, -0.05) is 24.3 Å². The number of nitrogens with zero attached hydrogens (tertiary/aromatic N) is 2. The number of carbonyl (C=O) groups is 1. The number of hydrogen-bond acceptors (Lipinski definition) is 4. The summed E-state index contributed by atoms with van der Waals surface area (Å²) in [6.07, 6.45) is 1.63. The third-order valence-electron chi connectivity index (χ3n) is 4.06. The van der Waals surface area contributed by atoms with E-state index in [4.69, 9.17) is 4.42 Å². The van der Waals surface area contributed by atoms with Crippen molar-refractivity contribution in [1.82, 2.24) is 10.2 Å². The van der Waals surface area contributed by atoms with Crippen LogP contribution < -0.4 is 10.2 Å². The van der Waals surface area contributed by atoms with Gasteiger partial charge in [-0.25, -0.2) is 4.79 Å². The Bertz CT molecular complexity index is 737. The summed E-state index contributed by atoms with van der Waals surface area (Å²) in [7, 11) is 2.02. The van der Waals surface area contributed by atoms with E-state index in [0.29, 0.717) is 19.6 Å². The van der Waals surface area contributed by atoms with Crippen molar-refractivity contribution in [2.24, 2.45) is 0 Å². The number of likely N-dealkylation sites (N-methyl/N-ethyl adjacent to an activating group) is 1. The molecule has 1 N–H and O–H groups in total. The van der Waals surface area contributed by atoms with Gasteiger partial charge in [-0.2, -0.15) is 0 Å². The van der Waals surface area contributed by atoms with Gasteiger partial charge in [0.1, 0.15) is 5.76 Å². The molecule has 2 amide bonds. The maximum atomic E-state index is 12.7. The van der Waals surface area contributed by atoms with Gasteiger partial charge in [-0.3, -0.25) is 0 Å². The first kappa shape index (κ1) is 18.1. The average Bonchev–Trinajstić information content (AvgIpc) is 3.36. The molecule has 2 heterocycles. The van der Waals surface area contributed by atoms with Crippen LogP contribution in [0.25, 0.3) is 0 Å². The van der Waals surface area contributed by atoms with Crippen molar-refractivity contribution in [3.05, 3.63) is 76.9 Å². The van der Waals surface area contributed by atoms with Gasteiger partial charge in [-0.05, 0) is 35.7 Å². The van der Waals surface area contributed by atoms with E-state index in [1.807, 2.05) is 54.9 Å². The lowest BCUT2D eigenvalue weighted by molar-refractivity contribution is 0.188. The van der Waals surface area contributed by atoms with Crippen molar-refractivity contribution in [2.75, 3.05) is 25.0 Å². The molecular weight excluding hydrogens is 346 g/mol. The van der Waals surface area contributed by atoms with Crippen molar-refractivity contribution in [1.29, 1.82) is 0 Å². The second kappa shape index (κ2) is 9.10. The highest BCUT2D eigenvalue weighted by atomic mass is 32.1. The zero-order chi connectivity index (χ0) is 18.2. The molecule has 0 aliphatic rings. The minimum absolute atomic E-state index is 0.0868. The summed E-state index contributed by atoms with van der Waals surface area (Å²) in [6.45, 7) is 2.33. The van der Waals surface area contributed by atoms with Crippen LogP contribution in [0.5, 0.6) is 0 Å². The van der Waals surface area contributed by atoms with Crippen LogP contribution >= 0.6 is 11.3 Å². The van der Waals surface area contributed by atoms with Gasteiger partial charge in [0.15, 0.2) is 0 Å². The second-order valence-electron chi connectivity index (χ2n) is 6.00. The molecule has 0 radical (unpaired) electrons. The van der Waals surface area contributed by atoms with Crippen LogP contribution in [-0.4, -0.2) is 31.1 Å². The van der Waals surface area contributed by atoms with Crippen LogP contribution in [0.2, 0.25) is 0 Å². The molecule has 26 heavy (non-hydrogen) atoms. The first-order valence-electron chi connectivity index (χ1n) is 8.56. The number of benzene rings is 1. The number of rotatable bonds is 8. The highest BCUT2D eigenvalue weighted by Gasteiger charge is 2.16. The van der Waals surface area contributed by atoms with Crippen LogP contribution in [0, 0.1) is 0 Å². The second-order valence-corrected chi connectivity index (χ2v) is 7.04. The molecule has 0 aliphatic heterocycles. The molecule has 0 aliphatic carbocycles. The van der Waals surface area contributed by atoms with Gasteiger partial charge in [0.05, 0.1) is 19.4 Å². The molecule has 2 aromatic heterocycles. The van der Waals surface area contributed by atoms with Crippen molar-refractivity contribution in [3.63, 3.8) is 0 Å². The molecule has 1 aromatic carbocycles. The Morgan fingerprint density at radius 1 is 1.08 bits per heavy atom. The normalized spacial score (nSPS) is 10.5. The Morgan fingerprint density at radius 2 is 1.92 bits per heavy atom. The highest BCUT2D eigenvalue weighted by molar-refractivity contribution is 7.09. The van der Waals surface area contributed by atoms with E-state index >= 15 is 0 Å². The van der Waals surface area contributed by atoms with Gasteiger partial charge < -0.3 is 19.5 Å². The first-order chi connectivity index (χ1) is 12.7. The van der Waals surface area contributed by atoms with Crippen molar-refractivity contribution in [2.45, 2.75) is 13.1 Å². The van der Waals surface area contributed by atoms with Crippen molar-refractivity contribution < 1.29 is 9.21 Å². The first-order valence-corrected chi connectivity index (χ1v) is 9.44. The third-order valence-corrected chi connectivity index (χ3v) is 4.92. The molecule has 3 rings (SSSR count). The minimum atomic E-state index is -0.0868. The zero-order valence-corrected chi connectivity index (χ0v) is 15.6. The molecule has 0 spiro atoms. The molecular formula is C20H23N3O2S. The number of thiophene rings is 1. The standard InChI is InChI=1S/C20H23N3O2S/c1-22(17-7-3-2-4-8-17)12-11-21-20(24)23(15-18-9-5-13-25-18)16-19-10-6-14-26-19/h2-10,13-14H,11-12,15-16H2,1H3,(H,21,24). The Kier molecular flexibility index (Phi) is 6.33. The van der Waals surface area contributed by atoms with Gasteiger partial charge >= 0.3 is 6.03 Å². The third kappa shape index (κ3) is 5.13.